The van der Waals surface area contributed by atoms with Crippen molar-refractivity contribution in [2.75, 3.05) is 6.61 Å². The van der Waals surface area contributed by atoms with Crippen LogP contribution in [0.1, 0.15) is 101 Å². The fourth-order valence-corrected chi connectivity index (χ4v) is 5.50. The number of amides is 1. The largest absolute Gasteiger partial charge is 0.507 e. The van der Waals surface area contributed by atoms with Gasteiger partial charge >= 0.3 is 0 Å². The minimum Gasteiger partial charge on any atom is -0.507 e. The first-order chi connectivity index (χ1) is 17.0. The number of aliphatic hydroxyl groups is 1. The summed E-state index contributed by atoms with van der Waals surface area (Å²) in [4.78, 5) is 28.6. The van der Waals surface area contributed by atoms with Crippen LogP contribution in [0.15, 0.2) is 48.0 Å². The molecule has 1 unspecified atom stereocenters. The molecule has 1 aliphatic heterocycles. The first-order valence-electron chi connectivity index (χ1n) is 13.2. The lowest BCUT2D eigenvalue weighted by atomic mass is 9.84. The molecule has 1 heterocycles. The summed E-state index contributed by atoms with van der Waals surface area (Å²) in [5, 5.41) is 11.6. The van der Waals surface area contributed by atoms with Gasteiger partial charge in [-0.15, -0.1) is 0 Å². The highest BCUT2D eigenvalue weighted by atomic mass is 16.5. The summed E-state index contributed by atoms with van der Waals surface area (Å²) < 4.78 is 5.84. The van der Waals surface area contributed by atoms with Gasteiger partial charge in [-0.05, 0) is 60.4 Å². The first kappa shape index (κ1) is 26.0. The van der Waals surface area contributed by atoms with Gasteiger partial charge < -0.3 is 14.7 Å². The van der Waals surface area contributed by atoms with Crippen LogP contribution in [0.4, 0.5) is 0 Å². The maximum absolute atomic E-state index is 13.5. The Kier molecular flexibility index (Phi) is 7.31. The number of rotatable bonds is 6. The van der Waals surface area contributed by atoms with Crippen molar-refractivity contribution >= 4 is 17.4 Å². The van der Waals surface area contributed by atoms with Crippen molar-refractivity contribution in [2.45, 2.75) is 90.6 Å². The highest BCUT2D eigenvalue weighted by molar-refractivity contribution is 6.46. The Morgan fingerprint density at radius 3 is 2.25 bits per heavy atom. The van der Waals surface area contributed by atoms with Crippen LogP contribution < -0.4 is 4.74 Å². The van der Waals surface area contributed by atoms with Gasteiger partial charge in [-0.3, -0.25) is 9.59 Å². The summed E-state index contributed by atoms with van der Waals surface area (Å²) in [6, 6.07) is 13.0. The third kappa shape index (κ3) is 4.80. The minimum atomic E-state index is -0.608. The van der Waals surface area contributed by atoms with E-state index in [1.807, 2.05) is 31.2 Å². The maximum atomic E-state index is 13.5. The van der Waals surface area contributed by atoms with Gasteiger partial charge in [0.25, 0.3) is 11.7 Å². The number of Topliss-reactive ketones (excluding diaryl/α,β-unsaturated/α-hetero) is 1. The molecule has 0 spiro atoms. The molecule has 2 aromatic rings. The third-order valence-corrected chi connectivity index (χ3v) is 7.48. The molecule has 2 aliphatic rings. The van der Waals surface area contributed by atoms with Gasteiger partial charge in [-0.2, -0.15) is 0 Å². The zero-order valence-corrected chi connectivity index (χ0v) is 22.4. The van der Waals surface area contributed by atoms with Crippen molar-refractivity contribution in [1.29, 1.82) is 0 Å². The van der Waals surface area contributed by atoms with E-state index in [9.17, 15) is 14.7 Å². The van der Waals surface area contributed by atoms with Gasteiger partial charge in [0.15, 0.2) is 0 Å². The van der Waals surface area contributed by atoms with Crippen molar-refractivity contribution in [2.24, 2.45) is 0 Å². The van der Waals surface area contributed by atoms with Gasteiger partial charge in [-0.1, -0.05) is 71.7 Å². The van der Waals surface area contributed by atoms with Gasteiger partial charge in [0, 0.05) is 17.2 Å². The molecule has 192 valence electrons. The molecule has 0 bridgehead atoms. The van der Waals surface area contributed by atoms with Crippen LogP contribution in [0.25, 0.3) is 5.76 Å². The van der Waals surface area contributed by atoms with E-state index in [0.717, 1.165) is 42.6 Å². The van der Waals surface area contributed by atoms with Crippen LogP contribution in [-0.4, -0.2) is 34.3 Å². The molecule has 2 aromatic carbocycles. The first-order valence-corrected chi connectivity index (χ1v) is 13.2. The number of ether oxygens (including phenoxy) is 1. The van der Waals surface area contributed by atoms with Gasteiger partial charge in [0.05, 0.1) is 18.2 Å². The lowest BCUT2D eigenvalue weighted by molar-refractivity contribution is -0.141. The SMILES string of the molecule is CCOc1ccc(/C(O)=C2/C(=O)C(=O)N(C3CCCC3)C2c2ccc(C(C)C)cc2)cc1C(C)(C)C. The molecule has 1 atom stereocenters. The topological polar surface area (TPSA) is 66.8 Å². The fourth-order valence-electron chi connectivity index (χ4n) is 5.50. The number of carbonyl (C=O) groups excluding carboxylic acids is 2. The van der Waals surface area contributed by atoms with Gasteiger partial charge in [-0.25, -0.2) is 0 Å². The van der Waals surface area contributed by atoms with E-state index in [1.165, 1.54) is 5.56 Å². The lowest BCUT2D eigenvalue weighted by Crippen LogP contribution is -2.37. The van der Waals surface area contributed by atoms with Crippen LogP contribution in [-0.2, 0) is 15.0 Å². The molecule has 0 aromatic heterocycles. The molecule has 36 heavy (non-hydrogen) atoms. The highest BCUT2D eigenvalue weighted by Crippen LogP contribution is 2.44. The summed E-state index contributed by atoms with van der Waals surface area (Å²) in [5.74, 6) is -0.110. The van der Waals surface area contributed by atoms with Crippen molar-refractivity contribution in [3.05, 3.63) is 70.3 Å². The maximum Gasteiger partial charge on any atom is 0.295 e. The lowest BCUT2D eigenvalue weighted by Gasteiger charge is -2.31. The zero-order chi connectivity index (χ0) is 26.2. The van der Waals surface area contributed by atoms with Crippen molar-refractivity contribution < 1.29 is 19.4 Å². The molecule has 0 radical (unpaired) electrons. The van der Waals surface area contributed by atoms with Gasteiger partial charge in [0.2, 0.25) is 0 Å². The van der Waals surface area contributed by atoms with E-state index in [1.54, 1.807) is 11.0 Å². The Morgan fingerprint density at radius 1 is 1.06 bits per heavy atom. The van der Waals surface area contributed by atoms with E-state index in [-0.39, 0.29) is 22.8 Å². The van der Waals surface area contributed by atoms with E-state index in [0.29, 0.717) is 18.1 Å². The average molecular weight is 490 g/mol. The molecule has 5 nitrogen and oxygen atoms in total. The van der Waals surface area contributed by atoms with Crippen LogP contribution in [0, 0.1) is 0 Å². The number of nitrogens with zero attached hydrogens (tertiary/aromatic N) is 1. The number of hydrogen-bond donors (Lipinski definition) is 1. The second kappa shape index (κ2) is 10.1. The number of likely N-dealkylation sites (tertiary alicyclic amines) is 1. The molecule has 1 aliphatic carbocycles. The van der Waals surface area contributed by atoms with Crippen LogP contribution >= 0.6 is 0 Å². The Bertz CT molecular complexity index is 1160. The normalized spacial score (nSPS) is 20.5. The van der Waals surface area contributed by atoms with E-state index >= 15 is 0 Å². The third-order valence-electron chi connectivity index (χ3n) is 7.48. The summed E-state index contributed by atoms with van der Waals surface area (Å²) in [6.07, 6.45) is 3.84. The van der Waals surface area contributed by atoms with E-state index in [2.05, 4.69) is 46.8 Å². The molecule has 1 saturated carbocycles. The van der Waals surface area contributed by atoms with E-state index < -0.39 is 17.7 Å². The zero-order valence-electron chi connectivity index (χ0n) is 22.4. The monoisotopic (exact) mass is 489 g/mol. The van der Waals surface area contributed by atoms with Crippen molar-refractivity contribution in [3.8, 4) is 5.75 Å². The molecule has 5 heteroatoms. The minimum absolute atomic E-state index is 0.00647. The number of benzene rings is 2. The Morgan fingerprint density at radius 2 is 1.69 bits per heavy atom. The number of hydrogen-bond acceptors (Lipinski definition) is 4. The summed E-state index contributed by atoms with van der Waals surface area (Å²) in [7, 11) is 0. The quantitative estimate of drug-likeness (QED) is 0.273. The number of aliphatic hydroxyl groups excluding tert-OH is 1. The van der Waals surface area contributed by atoms with Crippen LogP contribution in [0.3, 0.4) is 0 Å². The average Bonchev–Trinajstić information content (AvgIpc) is 3.45. The van der Waals surface area contributed by atoms with E-state index in [4.69, 9.17) is 4.74 Å². The smallest absolute Gasteiger partial charge is 0.295 e. The second-order valence-corrected chi connectivity index (χ2v) is 11.4. The van der Waals surface area contributed by atoms with Crippen molar-refractivity contribution in [1.82, 2.24) is 4.90 Å². The molecule has 1 N–H and O–H groups in total. The summed E-state index contributed by atoms with van der Waals surface area (Å²) in [5.41, 5.74) is 3.45. The Balaban J connectivity index is 1.88. The van der Waals surface area contributed by atoms with Crippen LogP contribution in [0.5, 0.6) is 5.75 Å². The summed E-state index contributed by atoms with van der Waals surface area (Å²) >= 11 is 0. The Labute approximate surface area is 215 Å². The molecule has 1 amide bonds. The van der Waals surface area contributed by atoms with Crippen molar-refractivity contribution in [3.63, 3.8) is 0 Å². The molecular weight excluding hydrogens is 450 g/mol. The van der Waals surface area contributed by atoms with Crippen LogP contribution in [0.2, 0.25) is 0 Å². The molecular formula is C31H39NO4. The fraction of sp³-hybridized carbons (Fsp3) is 0.484. The molecule has 4 rings (SSSR count). The van der Waals surface area contributed by atoms with Gasteiger partial charge in [0.1, 0.15) is 11.5 Å². The predicted octanol–water partition coefficient (Wildman–Crippen LogP) is 6.87. The predicted molar refractivity (Wildman–Crippen MR) is 143 cm³/mol. The Hall–Kier alpha value is -3.08. The number of carbonyl (C=O) groups is 2. The number of ketones is 1. The summed E-state index contributed by atoms with van der Waals surface area (Å²) in [6.45, 7) is 13.0. The molecule has 2 fully saturated rings. The molecule has 1 saturated heterocycles. The second-order valence-electron chi connectivity index (χ2n) is 11.4. The standard InChI is InChI=1S/C31H39NO4/c1-7-36-25-17-16-22(18-24(25)31(4,5)6)28(33)26-27(21-14-12-20(13-15-21)19(2)3)32(30(35)29(26)34)23-10-8-9-11-23/h12-19,23,27,33H,7-11H2,1-6H3/b28-26-. The highest BCUT2D eigenvalue weighted by Gasteiger charge is 2.49.